The van der Waals surface area contributed by atoms with Crippen LogP contribution in [0.3, 0.4) is 0 Å². The second-order valence-electron chi connectivity index (χ2n) is 5.55. The highest BCUT2D eigenvalue weighted by Crippen LogP contribution is 2.29. The molecule has 1 aliphatic carbocycles. The number of halogens is 2. The number of amides is 1. The summed E-state index contributed by atoms with van der Waals surface area (Å²) in [7, 11) is 0. The number of carbonyl (C=O) groups is 1. The molecule has 0 bridgehead atoms. The average Bonchev–Trinajstić information content (AvgIpc) is 2.48. The van der Waals surface area contributed by atoms with Gasteiger partial charge in [0, 0.05) is 24.9 Å². The van der Waals surface area contributed by atoms with Gasteiger partial charge in [0.1, 0.15) is 0 Å². The van der Waals surface area contributed by atoms with Crippen molar-refractivity contribution in [1.29, 1.82) is 0 Å². The Bertz CT molecular complexity index is 523. The highest BCUT2D eigenvalue weighted by atomic mass is 19.2. The van der Waals surface area contributed by atoms with Crippen LogP contribution in [0.2, 0.25) is 0 Å². The number of carbonyl (C=O) groups excluding carboxylic acids is 1. The maximum Gasteiger partial charge on any atom is 0.253 e. The second-order valence-corrected chi connectivity index (χ2v) is 5.55. The number of anilines is 1. The van der Waals surface area contributed by atoms with E-state index in [1.54, 1.807) is 0 Å². The Morgan fingerprint density at radius 2 is 1.86 bits per heavy atom. The molecule has 21 heavy (non-hydrogen) atoms. The van der Waals surface area contributed by atoms with Gasteiger partial charge in [0.05, 0.1) is 5.56 Å². The van der Waals surface area contributed by atoms with Gasteiger partial charge in [-0.2, -0.15) is 0 Å². The highest BCUT2D eigenvalue weighted by molar-refractivity contribution is 5.99. The number of aliphatic hydroxyl groups is 1. The fourth-order valence-corrected chi connectivity index (χ4v) is 2.87. The molecular formula is C15H20F2N2O2. The lowest BCUT2D eigenvalue weighted by Gasteiger charge is -2.30. The molecule has 0 aliphatic heterocycles. The van der Waals surface area contributed by atoms with Crippen LogP contribution in [-0.4, -0.2) is 24.2 Å². The van der Waals surface area contributed by atoms with E-state index in [-0.39, 0.29) is 29.7 Å². The smallest absolute Gasteiger partial charge is 0.253 e. The Labute approximate surface area is 122 Å². The van der Waals surface area contributed by atoms with Crippen LogP contribution in [0.25, 0.3) is 0 Å². The first-order valence-electron chi connectivity index (χ1n) is 7.16. The Morgan fingerprint density at radius 3 is 2.52 bits per heavy atom. The maximum atomic E-state index is 13.2. The third kappa shape index (κ3) is 3.69. The van der Waals surface area contributed by atoms with Crippen molar-refractivity contribution in [3.8, 4) is 0 Å². The van der Waals surface area contributed by atoms with Gasteiger partial charge in [0.2, 0.25) is 0 Å². The number of hydrogen-bond donors (Lipinski definition) is 3. The number of benzene rings is 1. The molecule has 1 aromatic carbocycles. The number of rotatable bonds is 4. The summed E-state index contributed by atoms with van der Waals surface area (Å²) in [4.78, 5) is 12.0. The molecule has 4 N–H and O–H groups in total. The van der Waals surface area contributed by atoms with Crippen molar-refractivity contribution in [2.45, 2.75) is 25.7 Å². The van der Waals surface area contributed by atoms with E-state index in [0.717, 1.165) is 37.8 Å². The van der Waals surface area contributed by atoms with E-state index < -0.39 is 17.5 Å². The monoisotopic (exact) mass is 298 g/mol. The summed E-state index contributed by atoms with van der Waals surface area (Å²) in [5.74, 6) is -2.30. The predicted octanol–water partition coefficient (Wildman–Crippen LogP) is 2.08. The second kappa shape index (κ2) is 6.85. The Balaban J connectivity index is 2.00. The average molecular weight is 298 g/mol. The van der Waals surface area contributed by atoms with Gasteiger partial charge >= 0.3 is 0 Å². The summed E-state index contributed by atoms with van der Waals surface area (Å²) < 4.78 is 26.2. The maximum absolute atomic E-state index is 13.2. The molecule has 6 heteroatoms. The van der Waals surface area contributed by atoms with Gasteiger partial charge in [0.15, 0.2) is 11.6 Å². The van der Waals surface area contributed by atoms with E-state index in [9.17, 15) is 18.7 Å². The van der Waals surface area contributed by atoms with Gasteiger partial charge in [-0.1, -0.05) is 12.8 Å². The minimum absolute atomic E-state index is 0.0646. The van der Waals surface area contributed by atoms with E-state index >= 15 is 0 Å². The molecular weight excluding hydrogens is 278 g/mol. The summed E-state index contributed by atoms with van der Waals surface area (Å²) in [5.41, 5.74) is 5.39. The zero-order chi connectivity index (χ0) is 15.4. The normalized spacial score (nSPS) is 22.0. The topological polar surface area (TPSA) is 75.4 Å². The summed E-state index contributed by atoms with van der Waals surface area (Å²) >= 11 is 0. The van der Waals surface area contributed by atoms with Crippen LogP contribution >= 0.6 is 0 Å². The van der Waals surface area contributed by atoms with Crippen molar-refractivity contribution in [2.24, 2.45) is 11.8 Å². The predicted molar refractivity (Wildman–Crippen MR) is 75.6 cm³/mol. The van der Waals surface area contributed by atoms with Crippen LogP contribution in [0, 0.1) is 23.5 Å². The molecule has 1 saturated carbocycles. The molecule has 2 atom stereocenters. The van der Waals surface area contributed by atoms with Crippen LogP contribution < -0.4 is 11.1 Å². The van der Waals surface area contributed by atoms with Crippen molar-refractivity contribution < 1.29 is 18.7 Å². The Hall–Kier alpha value is -1.69. The fraction of sp³-hybridized carbons (Fsp3) is 0.533. The summed E-state index contributed by atoms with van der Waals surface area (Å²) in [6.45, 7) is 0.510. The highest BCUT2D eigenvalue weighted by Gasteiger charge is 2.25. The number of nitrogens with one attached hydrogen (secondary N) is 1. The first-order chi connectivity index (χ1) is 10.0. The third-order valence-electron chi connectivity index (χ3n) is 4.16. The first-order valence-corrected chi connectivity index (χ1v) is 7.16. The molecule has 0 radical (unpaired) electrons. The van der Waals surface area contributed by atoms with Crippen molar-refractivity contribution in [2.75, 3.05) is 18.9 Å². The van der Waals surface area contributed by atoms with E-state index in [4.69, 9.17) is 5.73 Å². The largest absolute Gasteiger partial charge is 0.398 e. The minimum Gasteiger partial charge on any atom is -0.398 e. The van der Waals surface area contributed by atoms with Gasteiger partial charge in [-0.15, -0.1) is 0 Å². The first kappa shape index (κ1) is 15.7. The third-order valence-corrected chi connectivity index (χ3v) is 4.16. The van der Waals surface area contributed by atoms with Crippen LogP contribution in [0.1, 0.15) is 36.0 Å². The van der Waals surface area contributed by atoms with E-state index in [1.165, 1.54) is 0 Å². The lowest BCUT2D eigenvalue weighted by molar-refractivity contribution is 0.0909. The molecule has 1 fully saturated rings. The van der Waals surface area contributed by atoms with E-state index in [2.05, 4.69) is 5.32 Å². The van der Waals surface area contributed by atoms with Gasteiger partial charge in [-0.05, 0) is 30.7 Å². The van der Waals surface area contributed by atoms with E-state index in [1.807, 2.05) is 0 Å². The van der Waals surface area contributed by atoms with Crippen LogP contribution in [0.4, 0.5) is 14.5 Å². The molecule has 2 unspecified atom stereocenters. The Kier molecular flexibility index (Phi) is 5.12. The van der Waals surface area contributed by atoms with Crippen molar-refractivity contribution in [3.05, 3.63) is 29.3 Å². The van der Waals surface area contributed by atoms with Gasteiger partial charge < -0.3 is 16.2 Å². The standard InChI is InChI=1S/C15H20F2N2O2/c16-12-5-11(14(18)6-13(12)17)15(21)19-7-9-3-1-2-4-10(9)8-20/h5-6,9-10,20H,1-4,7-8,18H2,(H,19,21). The van der Waals surface area contributed by atoms with Crippen molar-refractivity contribution in [1.82, 2.24) is 5.32 Å². The molecule has 116 valence electrons. The molecule has 0 saturated heterocycles. The summed E-state index contributed by atoms with van der Waals surface area (Å²) in [6.07, 6.45) is 4.05. The van der Waals surface area contributed by atoms with E-state index in [0.29, 0.717) is 6.54 Å². The van der Waals surface area contributed by atoms with Gasteiger partial charge in [-0.3, -0.25) is 4.79 Å². The molecule has 0 spiro atoms. The minimum atomic E-state index is -1.10. The SMILES string of the molecule is Nc1cc(F)c(F)cc1C(=O)NCC1CCCCC1CO. The number of nitrogens with two attached hydrogens (primary N) is 1. The van der Waals surface area contributed by atoms with Crippen LogP contribution in [0.5, 0.6) is 0 Å². The summed E-state index contributed by atoms with van der Waals surface area (Å²) in [6, 6.07) is 1.62. The zero-order valence-electron chi connectivity index (χ0n) is 11.7. The van der Waals surface area contributed by atoms with Gasteiger partial charge in [-0.25, -0.2) is 8.78 Å². The molecule has 1 aromatic rings. The van der Waals surface area contributed by atoms with Crippen LogP contribution in [-0.2, 0) is 0 Å². The lowest BCUT2D eigenvalue weighted by Crippen LogP contribution is -2.35. The number of hydrogen-bond acceptors (Lipinski definition) is 3. The lowest BCUT2D eigenvalue weighted by atomic mass is 9.79. The molecule has 1 aliphatic rings. The molecule has 2 rings (SSSR count). The molecule has 0 aromatic heterocycles. The zero-order valence-corrected chi connectivity index (χ0v) is 11.7. The van der Waals surface area contributed by atoms with Crippen molar-refractivity contribution in [3.63, 3.8) is 0 Å². The number of aliphatic hydroxyl groups excluding tert-OH is 1. The molecule has 1 amide bonds. The quantitative estimate of drug-likeness (QED) is 0.745. The van der Waals surface area contributed by atoms with Crippen LogP contribution in [0.15, 0.2) is 12.1 Å². The molecule has 4 nitrogen and oxygen atoms in total. The summed E-state index contributed by atoms with van der Waals surface area (Å²) in [5, 5.41) is 12.0. The Morgan fingerprint density at radius 1 is 1.24 bits per heavy atom. The van der Waals surface area contributed by atoms with Gasteiger partial charge in [0.25, 0.3) is 5.91 Å². The fourth-order valence-electron chi connectivity index (χ4n) is 2.87. The molecule has 0 heterocycles. The van der Waals surface area contributed by atoms with Crippen molar-refractivity contribution >= 4 is 11.6 Å². The number of nitrogen functional groups attached to an aromatic ring is 1.